The minimum atomic E-state index is -0.449. The van der Waals surface area contributed by atoms with E-state index in [-0.39, 0.29) is 37.5 Å². The van der Waals surface area contributed by atoms with Gasteiger partial charge in [-0.2, -0.15) is 0 Å². The molecule has 0 spiro atoms. The zero-order valence-corrected chi connectivity index (χ0v) is 15.5. The Morgan fingerprint density at radius 3 is 2.32 bits per heavy atom. The Kier molecular flexibility index (Phi) is 8.99. The highest BCUT2D eigenvalue weighted by molar-refractivity contribution is 5.80. The van der Waals surface area contributed by atoms with Crippen molar-refractivity contribution in [3.8, 4) is 5.75 Å². The number of aliphatic hydroxyl groups is 1. The molecule has 1 amide bonds. The molecule has 2 atom stereocenters. The lowest BCUT2D eigenvalue weighted by Gasteiger charge is -2.31. The molecule has 6 nitrogen and oxygen atoms in total. The van der Waals surface area contributed by atoms with Crippen molar-refractivity contribution in [1.29, 1.82) is 0 Å². The number of carbonyl (C=O) groups is 2. The van der Waals surface area contributed by atoms with Gasteiger partial charge in [0.1, 0.15) is 5.75 Å². The maximum absolute atomic E-state index is 12.8. The summed E-state index contributed by atoms with van der Waals surface area (Å²) in [6.45, 7) is 6.21. The van der Waals surface area contributed by atoms with E-state index in [4.69, 9.17) is 9.47 Å². The molecule has 1 aromatic carbocycles. The number of benzene rings is 1. The highest BCUT2D eigenvalue weighted by atomic mass is 16.5. The molecule has 0 saturated heterocycles. The fourth-order valence-corrected chi connectivity index (χ4v) is 2.62. The summed E-state index contributed by atoms with van der Waals surface area (Å²) >= 11 is 0. The molecule has 0 aliphatic rings. The van der Waals surface area contributed by atoms with Crippen molar-refractivity contribution in [2.75, 3.05) is 26.9 Å². The molecule has 6 heteroatoms. The van der Waals surface area contributed by atoms with Crippen LogP contribution in [-0.2, 0) is 20.7 Å². The summed E-state index contributed by atoms with van der Waals surface area (Å²) in [6, 6.07) is 7.05. The van der Waals surface area contributed by atoms with Gasteiger partial charge in [-0.05, 0) is 31.0 Å². The zero-order chi connectivity index (χ0) is 18.8. The molecule has 0 aromatic heterocycles. The minimum absolute atomic E-state index is 0.124. The second-order valence-electron chi connectivity index (χ2n) is 5.97. The van der Waals surface area contributed by atoms with Gasteiger partial charge in [0.2, 0.25) is 5.91 Å². The Hall–Kier alpha value is -2.08. The Morgan fingerprint density at radius 1 is 1.20 bits per heavy atom. The average Bonchev–Trinajstić information content (AvgIpc) is 2.62. The number of aliphatic hydroxyl groups excluding tert-OH is 1. The highest BCUT2D eigenvalue weighted by Gasteiger charge is 2.26. The van der Waals surface area contributed by atoms with Gasteiger partial charge in [0.15, 0.2) is 0 Å². The zero-order valence-electron chi connectivity index (χ0n) is 15.5. The van der Waals surface area contributed by atoms with Gasteiger partial charge in [-0.15, -0.1) is 0 Å². The Labute approximate surface area is 149 Å². The van der Waals surface area contributed by atoms with Gasteiger partial charge in [0.25, 0.3) is 0 Å². The van der Waals surface area contributed by atoms with Crippen molar-refractivity contribution in [2.45, 2.75) is 39.7 Å². The predicted octanol–water partition coefficient (Wildman–Crippen LogP) is 2.04. The molecular formula is C19H29NO5. The lowest BCUT2D eigenvalue weighted by Crippen LogP contribution is -2.46. The molecule has 0 bridgehead atoms. The number of esters is 1. The fraction of sp³-hybridized carbons (Fsp3) is 0.579. The van der Waals surface area contributed by atoms with E-state index in [1.54, 1.807) is 11.8 Å². The van der Waals surface area contributed by atoms with E-state index in [2.05, 4.69) is 0 Å². The third-order valence-electron chi connectivity index (χ3n) is 4.11. The standard InChI is InChI=1S/C19H29NO5/c1-5-16(13-21)20(12-14(3)19(23)24-4)18(22)11-15-7-9-17(10-8-15)25-6-2/h7-10,14,16,21H,5-6,11-13H2,1-4H3. The third kappa shape index (κ3) is 6.38. The van der Waals surface area contributed by atoms with Crippen LogP contribution < -0.4 is 4.74 Å². The van der Waals surface area contributed by atoms with E-state index in [1.165, 1.54) is 7.11 Å². The van der Waals surface area contributed by atoms with Crippen LogP contribution >= 0.6 is 0 Å². The molecule has 1 N–H and O–H groups in total. The molecule has 25 heavy (non-hydrogen) atoms. The number of rotatable bonds is 10. The number of methoxy groups -OCH3 is 1. The van der Waals surface area contributed by atoms with E-state index >= 15 is 0 Å². The van der Waals surface area contributed by atoms with Gasteiger partial charge in [-0.25, -0.2) is 0 Å². The molecular weight excluding hydrogens is 322 g/mol. The molecule has 2 unspecified atom stereocenters. The second kappa shape index (κ2) is 10.7. The second-order valence-corrected chi connectivity index (χ2v) is 5.97. The maximum atomic E-state index is 12.8. The molecule has 0 fully saturated rings. The molecule has 0 aliphatic carbocycles. The summed E-state index contributed by atoms with van der Waals surface area (Å²) in [7, 11) is 1.33. The van der Waals surface area contributed by atoms with Gasteiger partial charge in [-0.1, -0.05) is 26.0 Å². The molecule has 0 aliphatic heterocycles. The monoisotopic (exact) mass is 351 g/mol. The van der Waals surface area contributed by atoms with Gasteiger partial charge < -0.3 is 19.5 Å². The number of hydrogen-bond acceptors (Lipinski definition) is 5. The lowest BCUT2D eigenvalue weighted by atomic mass is 10.1. The number of carbonyl (C=O) groups excluding carboxylic acids is 2. The fourth-order valence-electron chi connectivity index (χ4n) is 2.62. The first-order chi connectivity index (χ1) is 12.0. The van der Waals surface area contributed by atoms with Crippen LogP contribution in [0.5, 0.6) is 5.75 Å². The SMILES string of the molecule is CCOc1ccc(CC(=O)N(CC(C)C(=O)OC)C(CC)CO)cc1. The predicted molar refractivity (Wildman–Crippen MR) is 95.4 cm³/mol. The summed E-state index contributed by atoms with van der Waals surface area (Å²) in [6.07, 6.45) is 0.816. The van der Waals surface area contributed by atoms with Crippen LogP contribution in [0.15, 0.2) is 24.3 Å². The van der Waals surface area contributed by atoms with Gasteiger partial charge in [-0.3, -0.25) is 9.59 Å². The molecule has 140 valence electrons. The minimum Gasteiger partial charge on any atom is -0.494 e. The number of hydrogen-bond donors (Lipinski definition) is 1. The number of ether oxygens (including phenoxy) is 2. The maximum Gasteiger partial charge on any atom is 0.310 e. The summed E-state index contributed by atoms with van der Waals surface area (Å²) < 4.78 is 10.1. The van der Waals surface area contributed by atoms with Crippen LogP contribution in [0.1, 0.15) is 32.8 Å². The smallest absolute Gasteiger partial charge is 0.310 e. The van der Waals surface area contributed by atoms with Crippen LogP contribution in [-0.4, -0.2) is 54.8 Å². The first kappa shape index (κ1) is 21.0. The van der Waals surface area contributed by atoms with E-state index in [9.17, 15) is 14.7 Å². The van der Waals surface area contributed by atoms with Crippen LogP contribution in [0.3, 0.4) is 0 Å². The van der Waals surface area contributed by atoms with Crippen LogP contribution in [0, 0.1) is 5.92 Å². The van der Waals surface area contributed by atoms with Gasteiger partial charge in [0, 0.05) is 6.54 Å². The molecule has 1 rings (SSSR count). The third-order valence-corrected chi connectivity index (χ3v) is 4.11. The Morgan fingerprint density at radius 2 is 1.84 bits per heavy atom. The van der Waals surface area contributed by atoms with Gasteiger partial charge in [0.05, 0.1) is 38.7 Å². The van der Waals surface area contributed by atoms with Crippen molar-refractivity contribution in [3.05, 3.63) is 29.8 Å². The summed E-state index contributed by atoms with van der Waals surface area (Å²) in [5.74, 6) is -0.181. The first-order valence-electron chi connectivity index (χ1n) is 8.66. The topological polar surface area (TPSA) is 76.1 Å². The average molecular weight is 351 g/mol. The van der Waals surface area contributed by atoms with Crippen molar-refractivity contribution < 1.29 is 24.2 Å². The lowest BCUT2D eigenvalue weighted by molar-refractivity contribution is -0.147. The largest absolute Gasteiger partial charge is 0.494 e. The number of nitrogens with zero attached hydrogens (tertiary/aromatic N) is 1. The number of amides is 1. The van der Waals surface area contributed by atoms with Crippen molar-refractivity contribution >= 4 is 11.9 Å². The van der Waals surface area contributed by atoms with E-state index < -0.39 is 5.92 Å². The summed E-state index contributed by atoms with van der Waals surface area (Å²) in [5, 5.41) is 9.59. The van der Waals surface area contributed by atoms with Crippen LogP contribution in [0.2, 0.25) is 0 Å². The normalized spacial score (nSPS) is 13.0. The highest BCUT2D eigenvalue weighted by Crippen LogP contribution is 2.16. The summed E-state index contributed by atoms with van der Waals surface area (Å²) in [4.78, 5) is 26.0. The quantitative estimate of drug-likeness (QED) is 0.653. The molecule has 0 heterocycles. The molecule has 0 saturated carbocycles. The van der Waals surface area contributed by atoms with E-state index in [1.807, 2.05) is 38.1 Å². The van der Waals surface area contributed by atoms with Crippen molar-refractivity contribution in [3.63, 3.8) is 0 Å². The molecule has 1 aromatic rings. The Balaban J connectivity index is 2.85. The Bertz CT molecular complexity index is 539. The summed E-state index contributed by atoms with van der Waals surface area (Å²) in [5.41, 5.74) is 0.858. The van der Waals surface area contributed by atoms with Crippen LogP contribution in [0.4, 0.5) is 0 Å². The van der Waals surface area contributed by atoms with Crippen molar-refractivity contribution in [2.24, 2.45) is 5.92 Å². The van der Waals surface area contributed by atoms with Gasteiger partial charge >= 0.3 is 5.97 Å². The van der Waals surface area contributed by atoms with Crippen LogP contribution in [0.25, 0.3) is 0 Å². The van der Waals surface area contributed by atoms with E-state index in [0.29, 0.717) is 13.0 Å². The molecule has 0 radical (unpaired) electrons. The first-order valence-corrected chi connectivity index (χ1v) is 8.66. The van der Waals surface area contributed by atoms with E-state index in [0.717, 1.165) is 11.3 Å². The van der Waals surface area contributed by atoms with Crippen molar-refractivity contribution in [1.82, 2.24) is 4.90 Å².